The first-order chi connectivity index (χ1) is 8.23. The molecule has 0 aromatic carbocycles. The van der Waals surface area contributed by atoms with E-state index in [1.165, 1.54) is 0 Å². The standard InChI is InChI=1S/C10H16F3N3O2/c1-16(6-10(11,12)13)8(17)9(7(14)15-18)4-2-3-5-9/h18H,2-6H2,1H3,(H2,14,15). The molecule has 0 heterocycles. The van der Waals surface area contributed by atoms with Crippen molar-refractivity contribution in [3.05, 3.63) is 0 Å². The van der Waals surface area contributed by atoms with Crippen LogP contribution >= 0.6 is 0 Å². The molecule has 1 rings (SSSR count). The van der Waals surface area contributed by atoms with Crippen molar-refractivity contribution in [1.29, 1.82) is 0 Å². The summed E-state index contributed by atoms with van der Waals surface area (Å²) in [6, 6.07) is 0. The van der Waals surface area contributed by atoms with Gasteiger partial charge in [-0.1, -0.05) is 18.0 Å². The Morgan fingerprint density at radius 3 is 2.33 bits per heavy atom. The van der Waals surface area contributed by atoms with E-state index in [4.69, 9.17) is 10.9 Å². The zero-order chi connectivity index (χ0) is 14.0. The minimum absolute atomic E-state index is 0.306. The number of alkyl halides is 3. The summed E-state index contributed by atoms with van der Waals surface area (Å²) in [4.78, 5) is 12.7. The van der Waals surface area contributed by atoms with Crippen LogP contribution in [-0.4, -0.2) is 41.6 Å². The van der Waals surface area contributed by atoms with Crippen LogP contribution < -0.4 is 5.73 Å². The van der Waals surface area contributed by atoms with E-state index < -0.39 is 24.0 Å². The summed E-state index contributed by atoms with van der Waals surface area (Å²) in [6.45, 7) is -1.34. The van der Waals surface area contributed by atoms with E-state index in [0.717, 1.165) is 7.05 Å². The van der Waals surface area contributed by atoms with Crippen molar-refractivity contribution < 1.29 is 23.2 Å². The number of oxime groups is 1. The Hall–Kier alpha value is -1.47. The molecule has 0 aromatic heterocycles. The molecular formula is C10H16F3N3O2. The summed E-state index contributed by atoms with van der Waals surface area (Å²) in [5.41, 5.74) is 4.20. The van der Waals surface area contributed by atoms with Gasteiger partial charge in [-0.3, -0.25) is 4.79 Å². The number of rotatable bonds is 3. The number of hydrogen-bond donors (Lipinski definition) is 2. The topological polar surface area (TPSA) is 78.9 Å². The number of amidine groups is 1. The van der Waals surface area contributed by atoms with Crippen LogP contribution in [0.2, 0.25) is 0 Å². The monoisotopic (exact) mass is 267 g/mol. The molecule has 0 spiro atoms. The van der Waals surface area contributed by atoms with Crippen molar-refractivity contribution in [1.82, 2.24) is 4.90 Å². The van der Waals surface area contributed by atoms with E-state index in [1.807, 2.05) is 0 Å². The maximum Gasteiger partial charge on any atom is 0.406 e. The Balaban J connectivity index is 2.91. The highest BCUT2D eigenvalue weighted by Gasteiger charge is 2.48. The SMILES string of the molecule is CN(CC(F)(F)F)C(=O)C1(C(N)=NO)CCCC1. The highest BCUT2D eigenvalue weighted by Crippen LogP contribution is 2.40. The molecule has 18 heavy (non-hydrogen) atoms. The van der Waals surface area contributed by atoms with Crippen molar-refractivity contribution >= 4 is 11.7 Å². The normalized spacial score (nSPS) is 19.9. The first-order valence-electron chi connectivity index (χ1n) is 5.53. The molecule has 1 aliphatic rings. The molecule has 0 saturated heterocycles. The maximum atomic E-state index is 12.3. The lowest BCUT2D eigenvalue weighted by Gasteiger charge is -2.31. The second-order valence-corrected chi connectivity index (χ2v) is 4.55. The van der Waals surface area contributed by atoms with Crippen molar-refractivity contribution in [3.63, 3.8) is 0 Å². The predicted molar refractivity (Wildman–Crippen MR) is 58.0 cm³/mol. The van der Waals surface area contributed by atoms with E-state index in [2.05, 4.69) is 5.16 Å². The zero-order valence-corrected chi connectivity index (χ0v) is 10.00. The largest absolute Gasteiger partial charge is 0.409 e. The van der Waals surface area contributed by atoms with E-state index in [9.17, 15) is 18.0 Å². The van der Waals surface area contributed by atoms with Crippen molar-refractivity contribution in [2.75, 3.05) is 13.6 Å². The third-order valence-electron chi connectivity index (χ3n) is 3.23. The van der Waals surface area contributed by atoms with Gasteiger partial charge in [-0.25, -0.2) is 0 Å². The quantitative estimate of drug-likeness (QED) is 0.350. The molecule has 1 fully saturated rings. The van der Waals surface area contributed by atoms with Gasteiger partial charge in [0.05, 0.1) is 0 Å². The Labute approximate surface area is 102 Å². The highest BCUT2D eigenvalue weighted by molar-refractivity contribution is 6.06. The average molecular weight is 267 g/mol. The number of carbonyl (C=O) groups excluding carboxylic acids is 1. The van der Waals surface area contributed by atoms with Gasteiger partial charge in [-0.2, -0.15) is 13.2 Å². The van der Waals surface area contributed by atoms with Crippen LogP contribution in [0, 0.1) is 5.41 Å². The third kappa shape index (κ3) is 2.85. The molecule has 3 N–H and O–H groups in total. The van der Waals surface area contributed by atoms with Crippen molar-refractivity contribution in [2.45, 2.75) is 31.9 Å². The van der Waals surface area contributed by atoms with Crippen LogP contribution in [0.1, 0.15) is 25.7 Å². The molecule has 1 aliphatic carbocycles. The molecule has 8 heteroatoms. The Bertz CT molecular complexity index is 349. The van der Waals surface area contributed by atoms with Gasteiger partial charge in [0.2, 0.25) is 5.91 Å². The van der Waals surface area contributed by atoms with Gasteiger partial charge in [0.25, 0.3) is 0 Å². The lowest BCUT2D eigenvalue weighted by molar-refractivity contribution is -0.162. The zero-order valence-electron chi connectivity index (χ0n) is 10.00. The fourth-order valence-electron chi connectivity index (χ4n) is 2.36. The molecule has 0 aromatic rings. The minimum atomic E-state index is -4.46. The van der Waals surface area contributed by atoms with Gasteiger partial charge in [-0.05, 0) is 12.8 Å². The first-order valence-corrected chi connectivity index (χ1v) is 5.53. The number of halogens is 3. The average Bonchev–Trinajstić information content (AvgIpc) is 2.74. The third-order valence-corrected chi connectivity index (χ3v) is 3.23. The van der Waals surface area contributed by atoms with E-state index in [0.29, 0.717) is 30.6 Å². The molecule has 0 bridgehead atoms. The lowest BCUT2D eigenvalue weighted by Crippen LogP contribution is -2.50. The van der Waals surface area contributed by atoms with Gasteiger partial charge < -0.3 is 15.8 Å². The molecule has 0 atom stereocenters. The van der Waals surface area contributed by atoms with Crippen molar-refractivity contribution in [3.8, 4) is 0 Å². The molecule has 104 valence electrons. The number of amides is 1. The van der Waals surface area contributed by atoms with Crippen LogP contribution in [0.3, 0.4) is 0 Å². The molecule has 1 saturated carbocycles. The summed E-state index contributed by atoms with van der Waals surface area (Å²) in [5.74, 6) is -1.05. The summed E-state index contributed by atoms with van der Waals surface area (Å²) >= 11 is 0. The number of nitrogens with zero attached hydrogens (tertiary/aromatic N) is 2. The molecule has 0 aliphatic heterocycles. The maximum absolute atomic E-state index is 12.3. The van der Waals surface area contributed by atoms with Gasteiger partial charge in [0.15, 0.2) is 5.84 Å². The van der Waals surface area contributed by atoms with Gasteiger partial charge in [-0.15, -0.1) is 0 Å². The van der Waals surface area contributed by atoms with Crippen LogP contribution in [0.4, 0.5) is 13.2 Å². The van der Waals surface area contributed by atoms with Gasteiger partial charge >= 0.3 is 6.18 Å². The fourth-order valence-corrected chi connectivity index (χ4v) is 2.36. The second-order valence-electron chi connectivity index (χ2n) is 4.55. The summed E-state index contributed by atoms with van der Waals surface area (Å²) in [6.07, 6.45) is -2.51. The van der Waals surface area contributed by atoms with Crippen LogP contribution in [-0.2, 0) is 4.79 Å². The summed E-state index contributed by atoms with van der Waals surface area (Å²) in [7, 11) is 1.07. The van der Waals surface area contributed by atoms with E-state index in [-0.39, 0.29) is 5.84 Å². The fraction of sp³-hybridized carbons (Fsp3) is 0.800. The Morgan fingerprint density at radius 1 is 1.44 bits per heavy atom. The van der Waals surface area contributed by atoms with Gasteiger partial charge in [0.1, 0.15) is 12.0 Å². The molecule has 0 unspecified atom stereocenters. The summed E-state index contributed by atoms with van der Waals surface area (Å²) < 4.78 is 36.8. The second kappa shape index (κ2) is 5.03. The molecule has 1 amide bonds. The molecule has 0 radical (unpaired) electrons. The molecular weight excluding hydrogens is 251 g/mol. The number of hydrogen-bond acceptors (Lipinski definition) is 3. The molecule has 5 nitrogen and oxygen atoms in total. The van der Waals surface area contributed by atoms with Crippen LogP contribution in [0.5, 0.6) is 0 Å². The van der Waals surface area contributed by atoms with Crippen LogP contribution in [0.15, 0.2) is 5.16 Å². The van der Waals surface area contributed by atoms with Gasteiger partial charge in [0, 0.05) is 7.05 Å². The Kier molecular flexibility index (Phi) is 4.08. The first kappa shape index (κ1) is 14.6. The number of nitrogens with two attached hydrogens (primary N) is 1. The lowest BCUT2D eigenvalue weighted by atomic mass is 9.83. The Morgan fingerprint density at radius 2 is 1.94 bits per heavy atom. The summed E-state index contributed by atoms with van der Waals surface area (Å²) in [5, 5.41) is 11.5. The van der Waals surface area contributed by atoms with E-state index in [1.54, 1.807) is 0 Å². The minimum Gasteiger partial charge on any atom is -0.409 e. The van der Waals surface area contributed by atoms with Crippen LogP contribution in [0.25, 0.3) is 0 Å². The van der Waals surface area contributed by atoms with Crippen molar-refractivity contribution in [2.24, 2.45) is 16.3 Å². The number of carbonyl (C=O) groups is 1. The highest BCUT2D eigenvalue weighted by atomic mass is 19.4. The predicted octanol–water partition coefficient (Wildman–Crippen LogP) is 1.31. The van der Waals surface area contributed by atoms with E-state index >= 15 is 0 Å². The smallest absolute Gasteiger partial charge is 0.406 e.